The fraction of sp³-hybridized carbons (Fsp3) is 0.200. The number of ketones is 1. The van der Waals surface area contributed by atoms with E-state index in [9.17, 15) is 9.59 Å². The highest BCUT2D eigenvalue weighted by Gasteiger charge is 2.25. The number of halogens is 1. The lowest BCUT2D eigenvalue weighted by molar-refractivity contribution is -0.117. The van der Waals surface area contributed by atoms with Crippen LogP contribution in [0, 0.1) is 6.92 Å². The summed E-state index contributed by atoms with van der Waals surface area (Å²) in [6, 6.07) is 5.37. The second-order valence-corrected chi connectivity index (χ2v) is 6.12. The quantitative estimate of drug-likeness (QED) is 0.797. The van der Waals surface area contributed by atoms with Crippen molar-refractivity contribution in [2.24, 2.45) is 0 Å². The van der Waals surface area contributed by atoms with Gasteiger partial charge >= 0.3 is 0 Å². The van der Waals surface area contributed by atoms with Crippen molar-refractivity contribution in [3.8, 4) is 0 Å². The van der Waals surface area contributed by atoms with Crippen molar-refractivity contribution >= 4 is 40.3 Å². The van der Waals surface area contributed by atoms with Gasteiger partial charge in [0.2, 0.25) is 11.7 Å². The van der Waals surface area contributed by atoms with Crippen molar-refractivity contribution in [3.05, 3.63) is 50.2 Å². The molecule has 20 heavy (non-hydrogen) atoms. The van der Waals surface area contributed by atoms with Crippen molar-refractivity contribution in [2.45, 2.75) is 13.3 Å². The first-order valence-electron chi connectivity index (χ1n) is 6.17. The Labute approximate surface area is 125 Å². The molecule has 0 bridgehead atoms. The third-order valence-corrected chi connectivity index (χ3v) is 5.22. The number of nitrogens with zero attached hydrogens (tertiary/aromatic N) is 1. The standard InChI is InChI=1S/C15H12ClNO2S/c1-8-7-20-15(13(8)16)14(19)9-3-4-11-10(5-9)6-12(18)17(11)2/h3-5,7H,6H2,1-2H3. The van der Waals surface area contributed by atoms with Gasteiger partial charge in [0.25, 0.3) is 0 Å². The predicted octanol–water partition coefficient (Wildman–Crippen LogP) is 3.46. The van der Waals surface area contributed by atoms with Gasteiger partial charge in [-0.1, -0.05) is 11.6 Å². The molecule has 1 aliphatic heterocycles. The van der Waals surface area contributed by atoms with E-state index < -0.39 is 0 Å². The summed E-state index contributed by atoms with van der Waals surface area (Å²) in [5, 5.41) is 2.40. The lowest BCUT2D eigenvalue weighted by Crippen LogP contribution is -2.20. The predicted molar refractivity (Wildman–Crippen MR) is 81.1 cm³/mol. The molecule has 0 N–H and O–H groups in total. The third-order valence-electron chi connectivity index (χ3n) is 3.52. The van der Waals surface area contributed by atoms with E-state index >= 15 is 0 Å². The molecule has 1 aromatic carbocycles. The van der Waals surface area contributed by atoms with Crippen LogP contribution in [0.1, 0.15) is 26.4 Å². The summed E-state index contributed by atoms with van der Waals surface area (Å²) in [4.78, 5) is 26.3. The van der Waals surface area contributed by atoms with Crippen molar-refractivity contribution in [3.63, 3.8) is 0 Å². The number of rotatable bonds is 2. The molecule has 1 amide bonds. The molecule has 2 heterocycles. The molecule has 0 unspecified atom stereocenters. The summed E-state index contributed by atoms with van der Waals surface area (Å²) >= 11 is 7.50. The van der Waals surface area contributed by atoms with E-state index in [0.717, 1.165) is 16.8 Å². The Balaban J connectivity index is 2.01. The first kappa shape index (κ1) is 13.3. The van der Waals surface area contributed by atoms with Gasteiger partial charge in [-0.25, -0.2) is 0 Å². The van der Waals surface area contributed by atoms with Gasteiger partial charge in [-0.2, -0.15) is 0 Å². The smallest absolute Gasteiger partial charge is 0.231 e. The van der Waals surface area contributed by atoms with Crippen LogP contribution in [0.5, 0.6) is 0 Å². The van der Waals surface area contributed by atoms with Gasteiger partial charge in [-0.05, 0) is 41.6 Å². The number of aryl methyl sites for hydroxylation is 1. The van der Waals surface area contributed by atoms with Crippen LogP contribution in [0.3, 0.4) is 0 Å². The molecular formula is C15H12ClNO2S. The van der Waals surface area contributed by atoms with Gasteiger partial charge < -0.3 is 4.90 Å². The highest BCUT2D eigenvalue weighted by Crippen LogP contribution is 2.32. The number of fused-ring (bicyclic) bond motifs is 1. The zero-order valence-electron chi connectivity index (χ0n) is 11.1. The monoisotopic (exact) mass is 305 g/mol. The van der Waals surface area contributed by atoms with Crippen LogP contribution in [0.4, 0.5) is 5.69 Å². The Hall–Kier alpha value is -1.65. The molecule has 0 radical (unpaired) electrons. The van der Waals surface area contributed by atoms with Crippen molar-refractivity contribution in [2.75, 3.05) is 11.9 Å². The van der Waals surface area contributed by atoms with Gasteiger partial charge in [0.05, 0.1) is 16.3 Å². The lowest BCUT2D eigenvalue weighted by atomic mass is 10.0. The van der Waals surface area contributed by atoms with Gasteiger partial charge in [0.15, 0.2) is 0 Å². The number of thiophene rings is 1. The third kappa shape index (κ3) is 1.96. The Morgan fingerprint density at radius 2 is 2.15 bits per heavy atom. The second kappa shape index (κ2) is 4.72. The average molecular weight is 306 g/mol. The number of anilines is 1. The van der Waals surface area contributed by atoms with Crippen LogP contribution < -0.4 is 4.90 Å². The normalized spacial score (nSPS) is 13.8. The van der Waals surface area contributed by atoms with Crippen LogP contribution in [-0.2, 0) is 11.2 Å². The second-order valence-electron chi connectivity index (χ2n) is 4.86. The van der Waals surface area contributed by atoms with Gasteiger partial charge in [-0.15, -0.1) is 11.3 Å². The Kier molecular flexibility index (Phi) is 3.15. The number of hydrogen-bond acceptors (Lipinski definition) is 3. The molecule has 1 aliphatic rings. The number of amides is 1. The fourth-order valence-corrected chi connectivity index (χ4v) is 3.57. The first-order valence-corrected chi connectivity index (χ1v) is 7.42. The number of carbonyl (C=O) groups excluding carboxylic acids is 2. The summed E-state index contributed by atoms with van der Waals surface area (Å²) in [5.41, 5.74) is 3.26. The highest BCUT2D eigenvalue weighted by atomic mass is 35.5. The molecule has 0 saturated heterocycles. The van der Waals surface area contributed by atoms with Crippen molar-refractivity contribution in [1.29, 1.82) is 0 Å². The lowest BCUT2D eigenvalue weighted by Gasteiger charge is -2.10. The number of hydrogen-bond donors (Lipinski definition) is 0. The molecule has 5 heteroatoms. The molecule has 3 nitrogen and oxygen atoms in total. The summed E-state index contributed by atoms with van der Waals surface area (Å²) in [6.45, 7) is 1.88. The molecular weight excluding hydrogens is 294 g/mol. The molecule has 0 aliphatic carbocycles. The fourth-order valence-electron chi connectivity index (χ4n) is 2.33. The van der Waals surface area contributed by atoms with Crippen LogP contribution in [0.2, 0.25) is 5.02 Å². The first-order chi connectivity index (χ1) is 9.49. The van der Waals surface area contributed by atoms with Gasteiger partial charge in [-0.3, -0.25) is 9.59 Å². The highest BCUT2D eigenvalue weighted by molar-refractivity contribution is 7.13. The van der Waals surface area contributed by atoms with E-state index in [4.69, 9.17) is 11.6 Å². The molecule has 0 fully saturated rings. The van der Waals surface area contributed by atoms with Crippen LogP contribution in [0.15, 0.2) is 23.6 Å². The number of likely N-dealkylation sites (N-methyl/N-ethyl adjacent to an activating group) is 1. The van der Waals surface area contributed by atoms with Crippen molar-refractivity contribution in [1.82, 2.24) is 0 Å². The zero-order chi connectivity index (χ0) is 14.4. The van der Waals surface area contributed by atoms with Crippen LogP contribution in [-0.4, -0.2) is 18.7 Å². The van der Waals surface area contributed by atoms with Crippen LogP contribution in [0.25, 0.3) is 0 Å². The topological polar surface area (TPSA) is 37.4 Å². The van der Waals surface area contributed by atoms with Crippen molar-refractivity contribution < 1.29 is 9.59 Å². The zero-order valence-corrected chi connectivity index (χ0v) is 12.6. The van der Waals surface area contributed by atoms with E-state index in [2.05, 4.69) is 0 Å². The van der Waals surface area contributed by atoms with E-state index in [-0.39, 0.29) is 11.7 Å². The Bertz CT molecular complexity index is 735. The number of benzene rings is 1. The maximum atomic E-state index is 12.5. The average Bonchev–Trinajstić information content (AvgIpc) is 2.91. The maximum absolute atomic E-state index is 12.5. The van der Waals surface area contributed by atoms with Crippen LogP contribution >= 0.6 is 22.9 Å². The van der Waals surface area contributed by atoms with Gasteiger partial charge in [0.1, 0.15) is 0 Å². The molecule has 1 aromatic heterocycles. The summed E-state index contributed by atoms with van der Waals surface area (Å²) in [6.07, 6.45) is 0.351. The molecule has 3 rings (SSSR count). The van der Waals surface area contributed by atoms with E-state index in [1.165, 1.54) is 11.3 Å². The molecule has 0 saturated carbocycles. The summed E-state index contributed by atoms with van der Waals surface area (Å²) < 4.78 is 0. The van der Waals surface area contributed by atoms with Gasteiger partial charge in [0, 0.05) is 18.3 Å². The van der Waals surface area contributed by atoms with E-state index in [1.54, 1.807) is 24.1 Å². The Morgan fingerprint density at radius 3 is 2.80 bits per heavy atom. The number of carbonyl (C=O) groups is 2. The summed E-state index contributed by atoms with van der Waals surface area (Å²) in [7, 11) is 1.75. The molecule has 2 aromatic rings. The maximum Gasteiger partial charge on any atom is 0.231 e. The largest absolute Gasteiger partial charge is 0.315 e. The van der Waals surface area contributed by atoms with E-state index in [1.807, 2.05) is 18.4 Å². The van der Waals surface area contributed by atoms with E-state index in [0.29, 0.717) is 21.9 Å². The molecule has 0 spiro atoms. The Morgan fingerprint density at radius 1 is 1.40 bits per heavy atom. The molecule has 102 valence electrons. The SMILES string of the molecule is Cc1csc(C(=O)c2ccc3c(c2)CC(=O)N3C)c1Cl. The minimum atomic E-state index is -0.0853. The minimum absolute atomic E-state index is 0.0506. The molecule has 0 atom stereocenters. The summed E-state index contributed by atoms with van der Waals surface area (Å²) in [5.74, 6) is -0.0347. The minimum Gasteiger partial charge on any atom is -0.315 e.